The summed E-state index contributed by atoms with van der Waals surface area (Å²) in [7, 11) is 0. The number of hydrogen-bond donors (Lipinski definition) is 1. The average Bonchev–Trinajstić information content (AvgIpc) is 2.94. The quantitative estimate of drug-likeness (QED) is 0.784. The Balaban J connectivity index is 2.15. The number of hydrogen-bond acceptors (Lipinski definition) is 3. The number of carboxylic acid groups (broad SMARTS) is 1. The number of aromatic carboxylic acids is 1. The standard InChI is InChI=1S/C16H11NO3/c18-16(19)13-14(11-7-3-1-4-8-11)20-15(17-13)12-9-5-2-6-10-12/h1-10H,(H,18,19). The van der Waals surface area contributed by atoms with E-state index in [2.05, 4.69) is 4.98 Å². The topological polar surface area (TPSA) is 63.3 Å². The van der Waals surface area contributed by atoms with Gasteiger partial charge < -0.3 is 9.52 Å². The maximum Gasteiger partial charge on any atom is 0.358 e. The van der Waals surface area contributed by atoms with Crippen LogP contribution in [0.15, 0.2) is 65.1 Å². The average molecular weight is 265 g/mol. The summed E-state index contributed by atoms with van der Waals surface area (Å²) in [6, 6.07) is 18.3. The molecule has 0 amide bonds. The molecule has 0 saturated carbocycles. The van der Waals surface area contributed by atoms with Gasteiger partial charge >= 0.3 is 5.97 Å². The number of benzene rings is 2. The van der Waals surface area contributed by atoms with E-state index in [0.29, 0.717) is 11.5 Å². The Morgan fingerprint density at radius 1 is 0.900 bits per heavy atom. The van der Waals surface area contributed by atoms with Crippen LogP contribution in [0.1, 0.15) is 10.5 Å². The van der Waals surface area contributed by atoms with Crippen LogP contribution in [-0.4, -0.2) is 16.1 Å². The highest BCUT2D eigenvalue weighted by Crippen LogP contribution is 2.29. The Hall–Kier alpha value is -2.88. The third-order valence-corrected chi connectivity index (χ3v) is 2.89. The van der Waals surface area contributed by atoms with Gasteiger partial charge in [0.15, 0.2) is 11.5 Å². The maximum absolute atomic E-state index is 11.3. The molecule has 1 N–H and O–H groups in total. The molecule has 3 aromatic rings. The molecule has 0 fully saturated rings. The number of carbonyl (C=O) groups is 1. The first-order valence-electron chi connectivity index (χ1n) is 6.10. The van der Waals surface area contributed by atoms with E-state index in [1.54, 1.807) is 12.1 Å². The smallest absolute Gasteiger partial charge is 0.358 e. The largest absolute Gasteiger partial charge is 0.476 e. The lowest BCUT2D eigenvalue weighted by Gasteiger charge is -1.97. The van der Waals surface area contributed by atoms with Crippen molar-refractivity contribution in [3.8, 4) is 22.8 Å². The van der Waals surface area contributed by atoms with E-state index in [0.717, 1.165) is 5.56 Å². The molecule has 0 spiro atoms. The molecule has 2 aromatic carbocycles. The highest BCUT2D eigenvalue weighted by Gasteiger charge is 2.21. The van der Waals surface area contributed by atoms with Crippen LogP contribution in [-0.2, 0) is 0 Å². The number of oxazole rings is 1. The Labute approximate surface area is 115 Å². The van der Waals surface area contributed by atoms with Crippen molar-refractivity contribution < 1.29 is 14.3 Å². The molecule has 0 radical (unpaired) electrons. The first-order chi connectivity index (χ1) is 9.75. The molecule has 0 aliphatic rings. The monoisotopic (exact) mass is 265 g/mol. The molecule has 20 heavy (non-hydrogen) atoms. The third kappa shape index (κ3) is 2.19. The zero-order valence-corrected chi connectivity index (χ0v) is 10.5. The van der Waals surface area contributed by atoms with E-state index < -0.39 is 5.97 Å². The Kier molecular flexibility index (Phi) is 3.05. The predicted molar refractivity (Wildman–Crippen MR) is 74.3 cm³/mol. The SMILES string of the molecule is O=C(O)c1nc(-c2ccccc2)oc1-c1ccccc1. The fourth-order valence-corrected chi connectivity index (χ4v) is 1.95. The maximum atomic E-state index is 11.3. The minimum atomic E-state index is -1.10. The normalized spacial score (nSPS) is 10.4. The summed E-state index contributed by atoms with van der Waals surface area (Å²) < 4.78 is 5.66. The summed E-state index contributed by atoms with van der Waals surface area (Å²) in [6.45, 7) is 0. The van der Waals surface area contributed by atoms with Crippen molar-refractivity contribution in [2.24, 2.45) is 0 Å². The molecule has 0 bridgehead atoms. The molecule has 0 aliphatic heterocycles. The highest BCUT2D eigenvalue weighted by atomic mass is 16.4. The molecular formula is C16H11NO3. The van der Waals surface area contributed by atoms with E-state index in [9.17, 15) is 9.90 Å². The van der Waals surface area contributed by atoms with Gasteiger partial charge in [-0.1, -0.05) is 48.5 Å². The van der Waals surface area contributed by atoms with E-state index >= 15 is 0 Å². The summed E-state index contributed by atoms with van der Waals surface area (Å²) in [5.74, 6) is -0.520. The Morgan fingerprint density at radius 2 is 1.45 bits per heavy atom. The van der Waals surface area contributed by atoms with Crippen molar-refractivity contribution in [3.63, 3.8) is 0 Å². The van der Waals surface area contributed by atoms with Crippen LogP contribution in [0.25, 0.3) is 22.8 Å². The number of rotatable bonds is 3. The van der Waals surface area contributed by atoms with E-state index in [-0.39, 0.29) is 11.5 Å². The van der Waals surface area contributed by atoms with E-state index in [4.69, 9.17) is 4.42 Å². The van der Waals surface area contributed by atoms with Gasteiger partial charge in [0.05, 0.1) is 0 Å². The van der Waals surface area contributed by atoms with Crippen LogP contribution in [0.4, 0.5) is 0 Å². The third-order valence-electron chi connectivity index (χ3n) is 2.89. The molecule has 0 atom stereocenters. The van der Waals surface area contributed by atoms with Gasteiger partial charge in [-0.05, 0) is 12.1 Å². The van der Waals surface area contributed by atoms with Crippen LogP contribution >= 0.6 is 0 Å². The summed E-state index contributed by atoms with van der Waals surface area (Å²) in [6.07, 6.45) is 0. The van der Waals surface area contributed by atoms with Crippen molar-refractivity contribution >= 4 is 5.97 Å². The van der Waals surface area contributed by atoms with Crippen molar-refractivity contribution in [2.45, 2.75) is 0 Å². The minimum Gasteiger partial charge on any atom is -0.476 e. The van der Waals surface area contributed by atoms with Crippen LogP contribution in [0.2, 0.25) is 0 Å². The second-order valence-electron chi connectivity index (χ2n) is 4.23. The van der Waals surface area contributed by atoms with Gasteiger partial charge in [0, 0.05) is 11.1 Å². The molecule has 1 aromatic heterocycles. The van der Waals surface area contributed by atoms with Crippen LogP contribution in [0, 0.1) is 0 Å². The number of nitrogens with zero attached hydrogens (tertiary/aromatic N) is 1. The van der Waals surface area contributed by atoms with Crippen molar-refractivity contribution in [1.29, 1.82) is 0 Å². The molecule has 1 heterocycles. The lowest BCUT2D eigenvalue weighted by atomic mass is 10.1. The summed E-state index contributed by atoms with van der Waals surface area (Å²) >= 11 is 0. The van der Waals surface area contributed by atoms with Gasteiger partial charge in [-0.15, -0.1) is 0 Å². The van der Waals surface area contributed by atoms with Gasteiger partial charge in [-0.25, -0.2) is 9.78 Å². The molecule has 4 heteroatoms. The highest BCUT2D eigenvalue weighted by molar-refractivity contribution is 5.93. The summed E-state index contributed by atoms with van der Waals surface area (Å²) in [5, 5.41) is 9.26. The first-order valence-corrected chi connectivity index (χ1v) is 6.10. The van der Waals surface area contributed by atoms with E-state index in [1.807, 2.05) is 48.5 Å². The molecule has 0 saturated heterocycles. The fourth-order valence-electron chi connectivity index (χ4n) is 1.95. The van der Waals surface area contributed by atoms with Gasteiger partial charge in [-0.2, -0.15) is 0 Å². The molecule has 4 nitrogen and oxygen atoms in total. The molecule has 0 aliphatic carbocycles. The second-order valence-corrected chi connectivity index (χ2v) is 4.23. The molecule has 98 valence electrons. The van der Waals surface area contributed by atoms with Crippen LogP contribution < -0.4 is 0 Å². The molecule has 3 rings (SSSR count). The Morgan fingerprint density at radius 3 is 2.00 bits per heavy atom. The van der Waals surface area contributed by atoms with Gasteiger partial charge in [0.2, 0.25) is 5.89 Å². The summed E-state index contributed by atoms with van der Waals surface area (Å²) in [4.78, 5) is 15.4. The Bertz CT molecular complexity index is 733. The lowest BCUT2D eigenvalue weighted by Crippen LogP contribution is -1.98. The zero-order chi connectivity index (χ0) is 13.9. The number of aromatic nitrogens is 1. The zero-order valence-electron chi connectivity index (χ0n) is 10.5. The van der Waals surface area contributed by atoms with Gasteiger partial charge in [-0.3, -0.25) is 0 Å². The lowest BCUT2D eigenvalue weighted by molar-refractivity contribution is 0.0691. The second kappa shape index (κ2) is 5.01. The fraction of sp³-hybridized carbons (Fsp3) is 0. The van der Waals surface area contributed by atoms with E-state index in [1.165, 1.54) is 0 Å². The summed E-state index contributed by atoms with van der Waals surface area (Å²) in [5.41, 5.74) is 1.37. The van der Waals surface area contributed by atoms with Crippen molar-refractivity contribution in [3.05, 3.63) is 66.4 Å². The first kappa shape index (κ1) is 12.2. The number of carboxylic acids is 1. The van der Waals surface area contributed by atoms with Crippen LogP contribution in [0.3, 0.4) is 0 Å². The van der Waals surface area contributed by atoms with Crippen molar-refractivity contribution in [1.82, 2.24) is 4.98 Å². The predicted octanol–water partition coefficient (Wildman–Crippen LogP) is 3.71. The molecular weight excluding hydrogens is 254 g/mol. The van der Waals surface area contributed by atoms with Crippen LogP contribution in [0.5, 0.6) is 0 Å². The van der Waals surface area contributed by atoms with Gasteiger partial charge in [0.25, 0.3) is 0 Å². The van der Waals surface area contributed by atoms with Crippen molar-refractivity contribution in [2.75, 3.05) is 0 Å². The molecule has 0 unspecified atom stereocenters. The van der Waals surface area contributed by atoms with Gasteiger partial charge in [0.1, 0.15) is 0 Å². The minimum absolute atomic E-state index is 0.0740.